The predicted octanol–water partition coefficient (Wildman–Crippen LogP) is 1.00. The molecule has 0 radical (unpaired) electrons. The lowest BCUT2D eigenvalue weighted by molar-refractivity contribution is 0.0730. The molecule has 1 aliphatic heterocycles. The number of hydrogen-bond acceptors (Lipinski definition) is 4. The van der Waals surface area contributed by atoms with Crippen molar-refractivity contribution < 1.29 is 13.2 Å². The van der Waals surface area contributed by atoms with Gasteiger partial charge in [0.05, 0.1) is 18.1 Å². The molecule has 6 heteroatoms. The lowest BCUT2D eigenvalue weighted by Crippen LogP contribution is -2.40. The van der Waals surface area contributed by atoms with Crippen molar-refractivity contribution in [2.24, 2.45) is 0 Å². The second kappa shape index (κ2) is 6.44. The summed E-state index contributed by atoms with van der Waals surface area (Å²) in [5.74, 6) is 0. The highest BCUT2D eigenvalue weighted by Crippen LogP contribution is 2.19. The van der Waals surface area contributed by atoms with Crippen LogP contribution >= 0.6 is 0 Å². The van der Waals surface area contributed by atoms with Crippen molar-refractivity contribution in [2.45, 2.75) is 30.2 Å². The summed E-state index contributed by atoms with van der Waals surface area (Å²) in [5.41, 5.74) is 1.17. The monoisotopic (exact) mass is 310 g/mol. The van der Waals surface area contributed by atoms with Crippen molar-refractivity contribution in [3.8, 4) is 0 Å². The van der Waals surface area contributed by atoms with Crippen molar-refractivity contribution in [3.05, 3.63) is 29.8 Å². The summed E-state index contributed by atoms with van der Waals surface area (Å²) in [6, 6.07) is 7.99. The molecule has 0 spiro atoms. The van der Waals surface area contributed by atoms with Crippen LogP contribution in [0.3, 0.4) is 0 Å². The number of ether oxygens (including phenoxy) is 1. The van der Waals surface area contributed by atoms with Gasteiger partial charge in [-0.15, -0.1) is 0 Å². The van der Waals surface area contributed by atoms with Crippen LogP contribution in [0.1, 0.15) is 18.4 Å². The van der Waals surface area contributed by atoms with E-state index in [-0.39, 0.29) is 0 Å². The van der Waals surface area contributed by atoms with Gasteiger partial charge < -0.3 is 10.1 Å². The van der Waals surface area contributed by atoms with Crippen LogP contribution in [0.25, 0.3) is 0 Å². The van der Waals surface area contributed by atoms with Crippen molar-refractivity contribution in [3.63, 3.8) is 0 Å². The highest BCUT2D eigenvalue weighted by Gasteiger charge is 2.26. The molecule has 21 heavy (non-hydrogen) atoms. The molecular formula is C15H22N2O3S. The lowest BCUT2D eigenvalue weighted by Gasteiger charge is -2.26. The van der Waals surface area contributed by atoms with Crippen LogP contribution in [0.5, 0.6) is 0 Å². The van der Waals surface area contributed by atoms with Crippen molar-refractivity contribution >= 4 is 10.0 Å². The van der Waals surface area contributed by atoms with E-state index in [0.29, 0.717) is 37.2 Å². The third-order valence-electron chi connectivity index (χ3n) is 3.96. The molecule has 1 aliphatic carbocycles. The summed E-state index contributed by atoms with van der Waals surface area (Å²) < 4.78 is 31.6. The van der Waals surface area contributed by atoms with Crippen LogP contribution in [0.2, 0.25) is 0 Å². The van der Waals surface area contributed by atoms with Gasteiger partial charge >= 0.3 is 0 Å². The van der Waals surface area contributed by atoms with Gasteiger partial charge in [-0.3, -0.25) is 0 Å². The Balaban J connectivity index is 1.61. The normalized spacial score (nSPS) is 20.6. The van der Waals surface area contributed by atoms with E-state index in [2.05, 4.69) is 5.32 Å². The van der Waals surface area contributed by atoms with Gasteiger partial charge in [-0.2, -0.15) is 4.31 Å². The van der Waals surface area contributed by atoms with Crippen molar-refractivity contribution in [1.29, 1.82) is 0 Å². The fourth-order valence-electron chi connectivity index (χ4n) is 2.47. The van der Waals surface area contributed by atoms with Gasteiger partial charge in [-0.1, -0.05) is 12.1 Å². The molecule has 0 aromatic heterocycles. The molecule has 0 amide bonds. The number of hydrogen-bond donors (Lipinski definition) is 1. The summed E-state index contributed by atoms with van der Waals surface area (Å²) in [6.07, 6.45) is 3.52. The number of nitrogens with zero attached hydrogens (tertiary/aromatic N) is 1. The standard InChI is InChI=1S/C15H22N2O3S/c18-21(19,17-9-11-20-12-10-17)15-5-1-13(2-6-15)7-8-16-14-3-4-14/h1-2,5-6,14,16H,3-4,7-12H2. The average molecular weight is 310 g/mol. The Morgan fingerprint density at radius 2 is 1.81 bits per heavy atom. The highest BCUT2D eigenvalue weighted by molar-refractivity contribution is 7.89. The van der Waals surface area contributed by atoms with Crippen molar-refractivity contribution in [1.82, 2.24) is 9.62 Å². The van der Waals surface area contributed by atoms with Crippen LogP contribution in [0.15, 0.2) is 29.2 Å². The molecule has 2 aliphatic rings. The highest BCUT2D eigenvalue weighted by atomic mass is 32.2. The van der Waals surface area contributed by atoms with Gasteiger partial charge in [0.2, 0.25) is 10.0 Å². The van der Waals surface area contributed by atoms with E-state index in [1.165, 1.54) is 22.7 Å². The molecule has 5 nitrogen and oxygen atoms in total. The van der Waals surface area contributed by atoms with Gasteiger partial charge in [0.25, 0.3) is 0 Å². The average Bonchev–Trinajstić information content (AvgIpc) is 3.33. The van der Waals surface area contributed by atoms with Gasteiger partial charge in [-0.25, -0.2) is 8.42 Å². The molecule has 116 valence electrons. The first-order chi connectivity index (χ1) is 10.2. The Labute approximate surface area is 126 Å². The molecule has 2 fully saturated rings. The largest absolute Gasteiger partial charge is 0.379 e. The van der Waals surface area contributed by atoms with Gasteiger partial charge in [0.1, 0.15) is 0 Å². The first kappa shape index (κ1) is 15.0. The lowest BCUT2D eigenvalue weighted by atomic mass is 10.1. The first-order valence-electron chi connectivity index (χ1n) is 7.56. The Bertz CT molecular complexity index is 561. The number of rotatable bonds is 6. The Morgan fingerprint density at radius 1 is 1.14 bits per heavy atom. The fraction of sp³-hybridized carbons (Fsp3) is 0.600. The SMILES string of the molecule is O=S(=O)(c1ccc(CCNC2CC2)cc1)N1CCOCC1. The second-order valence-corrected chi connectivity index (χ2v) is 7.58. The maximum atomic E-state index is 12.5. The van der Waals surface area contributed by atoms with Crippen LogP contribution in [0.4, 0.5) is 0 Å². The summed E-state index contributed by atoms with van der Waals surface area (Å²) >= 11 is 0. The Kier molecular flexibility index (Phi) is 4.59. The molecule has 1 heterocycles. The number of nitrogens with one attached hydrogen (secondary N) is 1. The van der Waals surface area contributed by atoms with Crippen LogP contribution in [0, 0.1) is 0 Å². The van der Waals surface area contributed by atoms with E-state index in [1.807, 2.05) is 12.1 Å². The van der Waals surface area contributed by atoms with Gasteiger partial charge in [0, 0.05) is 19.1 Å². The van der Waals surface area contributed by atoms with E-state index in [4.69, 9.17) is 4.74 Å². The van der Waals surface area contributed by atoms with Gasteiger partial charge in [0.15, 0.2) is 0 Å². The zero-order valence-corrected chi connectivity index (χ0v) is 12.9. The topological polar surface area (TPSA) is 58.6 Å². The number of benzene rings is 1. The molecule has 1 N–H and O–H groups in total. The summed E-state index contributed by atoms with van der Waals surface area (Å²) in [7, 11) is -3.37. The molecule has 0 unspecified atom stereocenters. The summed E-state index contributed by atoms with van der Waals surface area (Å²) in [4.78, 5) is 0.378. The molecule has 0 bridgehead atoms. The maximum absolute atomic E-state index is 12.5. The van der Waals surface area contributed by atoms with E-state index >= 15 is 0 Å². The molecule has 1 aromatic carbocycles. The van der Waals surface area contributed by atoms with Crippen LogP contribution in [-0.4, -0.2) is 51.6 Å². The van der Waals surface area contributed by atoms with Crippen molar-refractivity contribution in [2.75, 3.05) is 32.8 Å². The first-order valence-corrected chi connectivity index (χ1v) is 9.00. The minimum atomic E-state index is -3.37. The van der Waals surface area contributed by atoms with E-state index in [9.17, 15) is 8.42 Å². The maximum Gasteiger partial charge on any atom is 0.243 e. The molecule has 1 saturated heterocycles. The Morgan fingerprint density at radius 3 is 2.43 bits per heavy atom. The van der Waals surface area contributed by atoms with Crippen LogP contribution < -0.4 is 5.32 Å². The Hall–Kier alpha value is -0.950. The predicted molar refractivity (Wildman–Crippen MR) is 80.7 cm³/mol. The molecule has 1 aromatic rings. The van der Waals surface area contributed by atoms with E-state index < -0.39 is 10.0 Å². The molecule has 3 rings (SSSR count). The van der Waals surface area contributed by atoms with Gasteiger partial charge in [-0.05, 0) is 43.5 Å². The van der Waals surface area contributed by atoms with E-state index in [0.717, 1.165) is 13.0 Å². The fourth-order valence-corrected chi connectivity index (χ4v) is 3.88. The zero-order valence-electron chi connectivity index (χ0n) is 12.1. The minimum absolute atomic E-state index is 0.378. The summed E-state index contributed by atoms with van der Waals surface area (Å²) in [5, 5.41) is 3.46. The quantitative estimate of drug-likeness (QED) is 0.852. The number of morpholine rings is 1. The zero-order chi connectivity index (χ0) is 14.7. The van der Waals surface area contributed by atoms with Crippen LogP contribution in [-0.2, 0) is 21.2 Å². The molecule has 0 atom stereocenters. The summed E-state index contributed by atoms with van der Waals surface area (Å²) in [6.45, 7) is 2.79. The number of sulfonamides is 1. The molecular weight excluding hydrogens is 288 g/mol. The third kappa shape index (κ3) is 3.83. The molecule has 1 saturated carbocycles. The third-order valence-corrected chi connectivity index (χ3v) is 5.87. The smallest absolute Gasteiger partial charge is 0.243 e. The van der Waals surface area contributed by atoms with E-state index in [1.54, 1.807) is 12.1 Å². The minimum Gasteiger partial charge on any atom is -0.379 e. The second-order valence-electron chi connectivity index (χ2n) is 5.64.